The summed E-state index contributed by atoms with van der Waals surface area (Å²) in [5.74, 6) is 0. The zero-order valence-corrected chi connectivity index (χ0v) is 13.4. The third-order valence-electron chi connectivity index (χ3n) is 3.94. The highest BCUT2D eigenvalue weighted by Gasteiger charge is 2.51. The minimum atomic E-state index is -0.242. The molecule has 0 aromatic rings. The van der Waals surface area contributed by atoms with Crippen LogP contribution in [0, 0.1) is 5.41 Å². The molecular formula is C15H29BO2. The van der Waals surface area contributed by atoms with E-state index in [0.717, 1.165) is 12.8 Å². The van der Waals surface area contributed by atoms with Crippen LogP contribution in [0.15, 0.2) is 11.5 Å². The Kier molecular flexibility index (Phi) is 4.39. The number of allylic oxidation sites excluding steroid dienone is 2. The van der Waals surface area contributed by atoms with Crippen molar-refractivity contribution < 1.29 is 9.31 Å². The van der Waals surface area contributed by atoms with Gasteiger partial charge in [0.1, 0.15) is 0 Å². The molecule has 0 saturated carbocycles. The fraction of sp³-hybridized carbons (Fsp3) is 0.867. The SMILES string of the molecule is CC/C(=C\CC(C)(C)C)B1OC(C)(C)C(C)(C)O1. The Morgan fingerprint density at radius 2 is 1.50 bits per heavy atom. The first kappa shape index (κ1) is 15.8. The van der Waals surface area contributed by atoms with Crippen LogP contribution in [0.2, 0.25) is 0 Å². The summed E-state index contributed by atoms with van der Waals surface area (Å²) in [6, 6.07) is 0. The summed E-state index contributed by atoms with van der Waals surface area (Å²) in [7, 11) is -0.178. The third kappa shape index (κ3) is 3.61. The van der Waals surface area contributed by atoms with Gasteiger partial charge in [0.2, 0.25) is 0 Å². The maximum Gasteiger partial charge on any atom is 0.490 e. The van der Waals surface area contributed by atoms with E-state index in [1.807, 2.05) is 0 Å². The van der Waals surface area contributed by atoms with Gasteiger partial charge in [-0.3, -0.25) is 0 Å². The minimum Gasteiger partial charge on any atom is -0.400 e. The van der Waals surface area contributed by atoms with Crippen LogP contribution in [0.25, 0.3) is 0 Å². The summed E-state index contributed by atoms with van der Waals surface area (Å²) in [5, 5.41) is 0. The molecule has 104 valence electrons. The molecule has 0 radical (unpaired) electrons. The van der Waals surface area contributed by atoms with Gasteiger partial charge in [0.15, 0.2) is 0 Å². The van der Waals surface area contributed by atoms with Crippen molar-refractivity contribution >= 4 is 7.12 Å². The van der Waals surface area contributed by atoms with Gasteiger partial charge in [-0.05, 0) is 51.4 Å². The zero-order chi connectivity index (χ0) is 14.2. The monoisotopic (exact) mass is 252 g/mol. The highest BCUT2D eigenvalue weighted by molar-refractivity contribution is 6.54. The minimum absolute atomic E-state index is 0.178. The van der Waals surface area contributed by atoms with Gasteiger partial charge in [0.05, 0.1) is 11.2 Å². The summed E-state index contributed by atoms with van der Waals surface area (Å²) in [5.41, 5.74) is 1.09. The summed E-state index contributed by atoms with van der Waals surface area (Å²) in [4.78, 5) is 0. The Labute approximate surface area is 113 Å². The Morgan fingerprint density at radius 1 is 1.06 bits per heavy atom. The third-order valence-corrected chi connectivity index (χ3v) is 3.94. The van der Waals surface area contributed by atoms with E-state index in [4.69, 9.17) is 9.31 Å². The Hall–Kier alpha value is -0.275. The lowest BCUT2D eigenvalue weighted by Crippen LogP contribution is -2.41. The average molecular weight is 252 g/mol. The van der Waals surface area contributed by atoms with Crippen LogP contribution < -0.4 is 0 Å². The first-order valence-electron chi connectivity index (χ1n) is 7.03. The van der Waals surface area contributed by atoms with Crippen LogP contribution in [0.3, 0.4) is 0 Å². The molecule has 2 nitrogen and oxygen atoms in total. The highest BCUT2D eigenvalue weighted by atomic mass is 16.7. The summed E-state index contributed by atoms with van der Waals surface area (Å²) < 4.78 is 12.2. The molecule has 0 spiro atoms. The van der Waals surface area contributed by atoms with Crippen molar-refractivity contribution in [2.24, 2.45) is 5.41 Å². The topological polar surface area (TPSA) is 18.5 Å². The van der Waals surface area contributed by atoms with Gasteiger partial charge in [0.25, 0.3) is 0 Å². The van der Waals surface area contributed by atoms with Crippen LogP contribution >= 0.6 is 0 Å². The molecule has 1 saturated heterocycles. The van der Waals surface area contributed by atoms with Gasteiger partial charge >= 0.3 is 7.12 Å². The first-order chi connectivity index (χ1) is 7.98. The highest BCUT2D eigenvalue weighted by Crippen LogP contribution is 2.39. The maximum absolute atomic E-state index is 6.09. The molecule has 0 N–H and O–H groups in total. The molecule has 0 atom stereocenters. The molecule has 1 rings (SSSR count). The van der Waals surface area contributed by atoms with Crippen LogP contribution in [-0.4, -0.2) is 18.3 Å². The molecule has 0 aliphatic carbocycles. The summed E-state index contributed by atoms with van der Waals surface area (Å²) in [6.07, 6.45) is 4.33. The smallest absolute Gasteiger partial charge is 0.400 e. The predicted molar refractivity (Wildman–Crippen MR) is 78.5 cm³/mol. The van der Waals surface area contributed by atoms with Crippen molar-refractivity contribution in [2.75, 3.05) is 0 Å². The second kappa shape index (κ2) is 5.01. The molecule has 0 aromatic carbocycles. The number of rotatable bonds is 3. The Balaban J connectivity index is 2.81. The van der Waals surface area contributed by atoms with E-state index in [0.29, 0.717) is 5.41 Å². The van der Waals surface area contributed by atoms with E-state index in [1.54, 1.807) is 0 Å². The molecule has 0 bridgehead atoms. The Bertz CT molecular complexity index is 308. The maximum atomic E-state index is 6.09. The lowest BCUT2D eigenvalue weighted by atomic mass is 9.74. The summed E-state index contributed by atoms with van der Waals surface area (Å²) >= 11 is 0. The van der Waals surface area contributed by atoms with E-state index in [9.17, 15) is 0 Å². The van der Waals surface area contributed by atoms with E-state index < -0.39 is 0 Å². The van der Waals surface area contributed by atoms with Gasteiger partial charge in [-0.2, -0.15) is 0 Å². The molecular weight excluding hydrogens is 223 g/mol. The second-order valence-electron chi connectivity index (χ2n) is 7.49. The second-order valence-corrected chi connectivity index (χ2v) is 7.49. The van der Waals surface area contributed by atoms with Crippen LogP contribution in [0.4, 0.5) is 0 Å². The van der Waals surface area contributed by atoms with E-state index >= 15 is 0 Å². The van der Waals surface area contributed by atoms with Crippen LogP contribution in [-0.2, 0) is 9.31 Å². The molecule has 1 fully saturated rings. The standard InChI is InChI=1S/C15H29BO2/c1-9-12(10-11-13(2,3)4)16-17-14(5,6)15(7,8)18-16/h10H,9,11H2,1-8H3/b12-10+. The van der Waals surface area contributed by atoms with Crippen molar-refractivity contribution in [1.82, 2.24) is 0 Å². The molecule has 3 heteroatoms. The molecule has 1 heterocycles. The fourth-order valence-corrected chi connectivity index (χ4v) is 1.84. The van der Waals surface area contributed by atoms with Gasteiger partial charge in [-0.25, -0.2) is 0 Å². The van der Waals surface area contributed by atoms with Crippen molar-refractivity contribution in [1.29, 1.82) is 0 Å². The van der Waals surface area contributed by atoms with Gasteiger partial charge in [0, 0.05) is 0 Å². The molecule has 0 aromatic heterocycles. The molecule has 0 amide bonds. The van der Waals surface area contributed by atoms with Crippen LogP contribution in [0.1, 0.15) is 68.2 Å². The molecule has 18 heavy (non-hydrogen) atoms. The average Bonchev–Trinajstić information content (AvgIpc) is 2.35. The molecule has 1 aliphatic heterocycles. The molecule has 1 aliphatic rings. The number of hydrogen-bond acceptors (Lipinski definition) is 2. The van der Waals surface area contributed by atoms with E-state index in [1.165, 1.54) is 5.47 Å². The number of hydrogen-bond donors (Lipinski definition) is 0. The van der Waals surface area contributed by atoms with Gasteiger partial charge < -0.3 is 9.31 Å². The molecule has 0 unspecified atom stereocenters. The van der Waals surface area contributed by atoms with Gasteiger partial charge in [-0.1, -0.05) is 33.8 Å². The fourth-order valence-electron chi connectivity index (χ4n) is 1.84. The van der Waals surface area contributed by atoms with Gasteiger partial charge in [-0.15, -0.1) is 0 Å². The lowest BCUT2D eigenvalue weighted by Gasteiger charge is -2.32. The van der Waals surface area contributed by atoms with Crippen LogP contribution in [0.5, 0.6) is 0 Å². The van der Waals surface area contributed by atoms with Crippen molar-refractivity contribution in [3.8, 4) is 0 Å². The first-order valence-corrected chi connectivity index (χ1v) is 7.03. The van der Waals surface area contributed by atoms with Crippen molar-refractivity contribution in [2.45, 2.75) is 79.4 Å². The predicted octanol–water partition coefficient (Wildman–Crippen LogP) is 4.39. The normalized spacial score (nSPS) is 23.6. The zero-order valence-electron chi connectivity index (χ0n) is 13.4. The largest absolute Gasteiger partial charge is 0.490 e. The Morgan fingerprint density at radius 3 is 1.83 bits per heavy atom. The van der Waals surface area contributed by atoms with Crippen molar-refractivity contribution in [3.05, 3.63) is 11.5 Å². The quantitative estimate of drug-likeness (QED) is 0.693. The lowest BCUT2D eigenvalue weighted by molar-refractivity contribution is 0.00578. The van der Waals surface area contributed by atoms with Crippen molar-refractivity contribution in [3.63, 3.8) is 0 Å². The summed E-state index contributed by atoms with van der Waals surface area (Å²) in [6.45, 7) is 17.3. The van der Waals surface area contributed by atoms with E-state index in [2.05, 4.69) is 61.5 Å². The van der Waals surface area contributed by atoms with E-state index in [-0.39, 0.29) is 18.3 Å².